The van der Waals surface area contributed by atoms with Crippen LogP contribution in [0, 0.1) is 20.2 Å². The summed E-state index contributed by atoms with van der Waals surface area (Å²) in [6.45, 7) is 4.86. The molecule has 0 aliphatic carbocycles. The Hall–Kier alpha value is -3.55. The van der Waals surface area contributed by atoms with Gasteiger partial charge in [0.05, 0.1) is 9.85 Å². The Morgan fingerprint density at radius 2 is 1.67 bits per heavy atom. The minimum absolute atomic E-state index is 0.0926. The molecule has 2 rings (SSSR count). The maximum absolute atomic E-state index is 11.8. The van der Waals surface area contributed by atoms with Gasteiger partial charge in [0, 0.05) is 11.6 Å². The van der Waals surface area contributed by atoms with E-state index in [1.165, 1.54) is 19.1 Å². The summed E-state index contributed by atoms with van der Waals surface area (Å²) >= 11 is 0. The van der Waals surface area contributed by atoms with Crippen molar-refractivity contribution in [1.29, 1.82) is 0 Å². The summed E-state index contributed by atoms with van der Waals surface area (Å²) in [6.07, 6.45) is 0. The van der Waals surface area contributed by atoms with Gasteiger partial charge in [0.2, 0.25) is 0 Å². The summed E-state index contributed by atoms with van der Waals surface area (Å²) in [5, 5.41) is 22.6. The minimum Gasteiger partial charge on any atom is -0.422 e. The number of hydrogen-bond donors (Lipinski definition) is 0. The van der Waals surface area contributed by atoms with Crippen molar-refractivity contribution in [2.24, 2.45) is 0 Å². The Balaban J connectivity index is 2.79. The number of nitro groups is 2. The fourth-order valence-corrected chi connectivity index (χ4v) is 2.05. The third-order valence-corrected chi connectivity index (χ3v) is 3.11. The Morgan fingerprint density at radius 3 is 2.17 bits per heavy atom. The van der Waals surface area contributed by atoms with Gasteiger partial charge in [-0.3, -0.25) is 20.2 Å². The van der Waals surface area contributed by atoms with Gasteiger partial charge >= 0.3 is 17.3 Å². The SMILES string of the molecule is C=C(C)C(=O)Oc1ccc([N+](=O)[O-])c([N+](=O)[O-])c1-c1ccccc1. The lowest BCUT2D eigenvalue weighted by Gasteiger charge is -2.11. The molecule has 0 aliphatic rings. The first-order chi connectivity index (χ1) is 11.3. The molecular formula is C16H12N2O6. The van der Waals surface area contributed by atoms with Gasteiger partial charge in [-0.2, -0.15) is 0 Å². The molecule has 0 fully saturated rings. The Bertz CT molecular complexity index is 845. The number of ether oxygens (including phenoxy) is 1. The molecule has 2 aromatic carbocycles. The van der Waals surface area contributed by atoms with E-state index in [0.717, 1.165) is 12.1 Å². The molecule has 24 heavy (non-hydrogen) atoms. The third-order valence-electron chi connectivity index (χ3n) is 3.11. The van der Waals surface area contributed by atoms with Crippen molar-refractivity contribution in [1.82, 2.24) is 0 Å². The number of esters is 1. The monoisotopic (exact) mass is 328 g/mol. The van der Waals surface area contributed by atoms with Crippen LogP contribution in [-0.2, 0) is 4.79 Å². The van der Waals surface area contributed by atoms with Gasteiger partial charge in [0.15, 0.2) is 0 Å². The predicted octanol–water partition coefficient (Wildman–Crippen LogP) is 3.65. The maximum Gasteiger partial charge on any atom is 0.357 e. The quantitative estimate of drug-likeness (QED) is 0.272. The van der Waals surface area contributed by atoms with Gasteiger partial charge in [-0.15, -0.1) is 0 Å². The highest BCUT2D eigenvalue weighted by atomic mass is 16.6. The number of nitrogens with zero attached hydrogens (tertiary/aromatic N) is 2. The van der Waals surface area contributed by atoms with Crippen LogP contribution in [0.1, 0.15) is 6.92 Å². The van der Waals surface area contributed by atoms with Crippen molar-refractivity contribution < 1.29 is 19.4 Å². The van der Waals surface area contributed by atoms with E-state index < -0.39 is 27.2 Å². The summed E-state index contributed by atoms with van der Waals surface area (Å²) < 4.78 is 5.12. The van der Waals surface area contributed by atoms with E-state index in [1.807, 2.05) is 0 Å². The number of carbonyl (C=O) groups excluding carboxylic acids is 1. The fraction of sp³-hybridized carbons (Fsp3) is 0.0625. The van der Waals surface area contributed by atoms with Crippen LogP contribution >= 0.6 is 0 Å². The van der Waals surface area contributed by atoms with Crippen molar-refractivity contribution in [3.8, 4) is 16.9 Å². The van der Waals surface area contributed by atoms with E-state index in [2.05, 4.69) is 6.58 Å². The number of hydrogen-bond acceptors (Lipinski definition) is 6. The second kappa shape index (κ2) is 6.69. The fourth-order valence-electron chi connectivity index (χ4n) is 2.05. The third kappa shape index (κ3) is 3.27. The lowest BCUT2D eigenvalue weighted by molar-refractivity contribution is -0.422. The first kappa shape index (κ1) is 16.8. The summed E-state index contributed by atoms with van der Waals surface area (Å²) in [5.74, 6) is -0.929. The molecule has 0 aromatic heterocycles. The molecule has 2 aromatic rings. The summed E-state index contributed by atoms with van der Waals surface area (Å²) in [7, 11) is 0. The Labute approximate surface area is 136 Å². The second-order valence-corrected chi connectivity index (χ2v) is 4.86. The zero-order chi connectivity index (χ0) is 17.9. The molecule has 0 N–H and O–H groups in total. The molecule has 0 saturated carbocycles. The zero-order valence-electron chi connectivity index (χ0n) is 12.6. The lowest BCUT2D eigenvalue weighted by atomic mass is 10.0. The van der Waals surface area contributed by atoms with E-state index >= 15 is 0 Å². The van der Waals surface area contributed by atoms with Crippen molar-refractivity contribution in [2.75, 3.05) is 0 Å². The smallest absolute Gasteiger partial charge is 0.357 e. The Morgan fingerprint density at radius 1 is 1.04 bits per heavy atom. The first-order valence-corrected chi connectivity index (χ1v) is 6.71. The van der Waals surface area contributed by atoms with Crippen LogP contribution in [0.4, 0.5) is 11.4 Å². The van der Waals surface area contributed by atoms with Crippen LogP contribution in [-0.4, -0.2) is 15.8 Å². The average Bonchev–Trinajstić information content (AvgIpc) is 2.54. The molecule has 0 heterocycles. The number of rotatable bonds is 5. The van der Waals surface area contributed by atoms with Crippen LogP contribution < -0.4 is 4.74 Å². The molecule has 122 valence electrons. The highest BCUT2D eigenvalue weighted by molar-refractivity contribution is 5.92. The normalized spacial score (nSPS) is 10.0. The molecule has 0 saturated heterocycles. The van der Waals surface area contributed by atoms with Crippen molar-refractivity contribution in [2.45, 2.75) is 6.92 Å². The number of carbonyl (C=O) groups is 1. The van der Waals surface area contributed by atoms with Crippen LogP contribution in [0.25, 0.3) is 11.1 Å². The van der Waals surface area contributed by atoms with E-state index in [-0.39, 0.29) is 16.9 Å². The highest BCUT2D eigenvalue weighted by Crippen LogP contribution is 2.44. The van der Waals surface area contributed by atoms with E-state index in [0.29, 0.717) is 5.56 Å². The molecule has 0 aliphatic heterocycles. The zero-order valence-corrected chi connectivity index (χ0v) is 12.6. The van der Waals surface area contributed by atoms with Gasteiger partial charge in [0.25, 0.3) is 0 Å². The van der Waals surface area contributed by atoms with Gasteiger partial charge in [0.1, 0.15) is 11.3 Å². The highest BCUT2D eigenvalue weighted by Gasteiger charge is 2.33. The van der Waals surface area contributed by atoms with E-state index in [1.54, 1.807) is 18.2 Å². The van der Waals surface area contributed by atoms with Crippen molar-refractivity contribution in [3.05, 3.63) is 74.8 Å². The molecule has 0 atom stereocenters. The first-order valence-electron chi connectivity index (χ1n) is 6.71. The average molecular weight is 328 g/mol. The van der Waals surface area contributed by atoms with E-state index in [9.17, 15) is 25.0 Å². The van der Waals surface area contributed by atoms with Gasteiger partial charge < -0.3 is 4.74 Å². The summed E-state index contributed by atoms with van der Waals surface area (Å²) in [4.78, 5) is 32.6. The predicted molar refractivity (Wildman–Crippen MR) is 85.6 cm³/mol. The molecule has 0 amide bonds. The van der Waals surface area contributed by atoms with Crippen LogP contribution in [0.2, 0.25) is 0 Å². The minimum atomic E-state index is -0.863. The van der Waals surface area contributed by atoms with Gasteiger partial charge in [-0.1, -0.05) is 36.9 Å². The van der Waals surface area contributed by atoms with Crippen LogP contribution in [0.3, 0.4) is 0 Å². The number of nitro benzene ring substituents is 2. The molecule has 8 heteroatoms. The van der Waals surface area contributed by atoms with Gasteiger partial charge in [-0.05, 0) is 18.6 Å². The Kier molecular flexibility index (Phi) is 4.69. The van der Waals surface area contributed by atoms with Crippen molar-refractivity contribution >= 4 is 17.3 Å². The molecule has 0 bridgehead atoms. The molecule has 0 spiro atoms. The molecular weight excluding hydrogens is 316 g/mol. The molecule has 0 unspecified atom stereocenters. The summed E-state index contributed by atoms with van der Waals surface area (Å²) in [5.41, 5.74) is -1.15. The lowest BCUT2D eigenvalue weighted by Crippen LogP contribution is -2.10. The topological polar surface area (TPSA) is 113 Å². The maximum atomic E-state index is 11.8. The van der Waals surface area contributed by atoms with Crippen molar-refractivity contribution in [3.63, 3.8) is 0 Å². The number of benzene rings is 2. The summed E-state index contributed by atoms with van der Waals surface area (Å²) in [6, 6.07) is 10.1. The second-order valence-electron chi connectivity index (χ2n) is 4.86. The molecule has 0 radical (unpaired) electrons. The standard InChI is InChI=1S/C16H12N2O6/c1-10(2)16(19)24-13-9-8-12(17(20)21)15(18(22)23)14(13)11-6-4-3-5-7-11/h3-9H,1H2,2H3. The molecule has 8 nitrogen and oxygen atoms in total. The van der Waals surface area contributed by atoms with Crippen LogP contribution in [0.5, 0.6) is 5.75 Å². The van der Waals surface area contributed by atoms with E-state index in [4.69, 9.17) is 4.74 Å². The van der Waals surface area contributed by atoms with Crippen LogP contribution in [0.15, 0.2) is 54.6 Å². The van der Waals surface area contributed by atoms with Gasteiger partial charge in [-0.25, -0.2) is 4.79 Å². The largest absolute Gasteiger partial charge is 0.422 e.